The zero-order chi connectivity index (χ0) is 16.3. The first kappa shape index (κ1) is 15.8. The Labute approximate surface area is 130 Å². The Hall–Kier alpha value is -2.62. The highest BCUT2D eigenvalue weighted by Crippen LogP contribution is 2.18. The summed E-state index contributed by atoms with van der Waals surface area (Å²) in [4.78, 5) is 23.9. The van der Waals surface area contributed by atoms with E-state index in [0.717, 1.165) is 16.7 Å². The summed E-state index contributed by atoms with van der Waals surface area (Å²) in [5.41, 5.74) is 4.74. The fraction of sp³-hybridized carbons (Fsp3) is 0.222. The van der Waals surface area contributed by atoms with Crippen LogP contribution in [0.2, 0.25) is 0 Å². The van der Waals surface area contributed by atoms with E-state index in [0.29, 0.717) is 16.8 Å². The van der Waals surface area contributed by atoms with Gasteiger partial charge in [-0.3, -0.25) is 4.79 Å². The average molecular weight is 297 g/mol. The zero-order valence-corrected chi connectivity index (χ0v) is 13.2. The third-order valence-corrected chi connectivity index (χ3v) is 3.63. The second-order valence-electron chi connectivity index (χ2n) is 5.28. The molecule has 2 rings (SSSR count). The highest BCUT2D eigenvalue weighted by molar-refractivity contribution is 6.06. The average Bonchev–Trinajstić information content (AvgIpc) is 2.50. The molecule has 0 atom stereocenters. The molecule has 0 aliphatic rings. The van der Waals surface area contributed by atoms with Gasteiger partial charge in [-0.2, -0.15) is 0 Å². The quantitative estimate of drug-likeness (QED) is 0.880. The first-order valence-corrected chi connectivity index (χ1v) is 7.00. The van der Waals surface area contributed by atoms with Gasteiger partial charge in [0.05, 0.1) is 12.7 Å². The van der Waals surface area contributed by atoms with Crippen LogP contribution in [-0.2, 0) is 4.74 Å². The van der Waals surface area contributed by atoms with Crippen molar-refractivity contribution in [1.82, 2.24) is 0 Å². The van der Waals surface area contributed by atoms with Crippen LogP contribution in [0.4, 0.5) is 5.69 Å². The number of carbonyl (C=O) groups is 2. The number of amides is 1. The first-order valence-electron chi connectivity index (χ1n) is 7.00. The number of hydrogen-bond acceptors (Lipinski definition) is 3. The molecular weight excluding hydrogens is 278 g/mol. The fourth-order valence-corrected chi connectivity index (χ4v) is 2.25. The second-order valence-corrected chi connectivity index (χ2v) is 5.28. The molecule has 22 heavy (non-hydrogen) atoms. The number of rotatable bonds is 3. The summed E-state index contributed by atoms with van der Waals surface area (Å²) in [6.45, 7) is 5.90. The van der Waals surface area contributed by atoms with Crippen molar-refractivity contribution in [2.24, 2.45) is 0 Å². The summed E-state index contributed by atoms with van der Waals surface area (Å²) in [7, 11) is 1.33. The summed E-state index contributed by atoms with van der Waals surface area (Å²) in [6.07, 6.45) is 0. The molecule has 4 nitrogen and oxygen atoms in total. The standard InChI is InChI=1S/C18H19NO3/c1-11-8-13(3)16(9-12(11)2)17(20)19-15-7-5-6-14(10-15)18(21)22-4/h5-10H,1-4H3,(H,19,20). The Morgan fingerprint density at radius 1 is 0.955 bits per heavy atom. The molecule has 0 spiro atoms. The smallest absolute Gasteiger partial charge is 0.337 e. The lowest BCUT2D eigenvalue weighted by molar-refractivity contribution is 0.0600. The second kappa shape index (κ2) is 6.43. The number of anilines is 1. The number of ether oxygens (including phenoxy) is 1. The van der Waals surface area contributed by atoms with Crippen LogP contribution in [-0.4, -0.2) is 19.0 Å². The van der Waals surface area contributed by atoms with Gasteiger partial charge in [-0.15, -0.1) is 0 Å². The van der Waals surface area contributed by atoms with Crippen LogP contribution < -0.4 is 5.32 Å². The molecule has 0 aliphatic carbocycles. The Balaban J connectivity index is 2.26. The summed E-state index contributed by atoms with van der Waals surface area (Å²) >= 11 is 0. The minimum absolute atomic E-state index is 0.192. The van der Waals surface area contributed by atoms with Gasteiger partial charge in [-0.05, 0) is 61.7 Å². The Kier molecular flexibility index (Phi) is 4.61. The van der Waals surface area contributed by atoms with Crippen molar-refractivity contribution in [3.8, 4) is 0 Å². The van der Waals surface area contributed by atoms with Crippen molar-refractivity contribution >= 4 is 17.6 Å². The molecule has 0 unspecified atom stereocenters. The number of esters is 1. The van der Waals surface area contributed by atoms with Gasteiger partial charge in [0.1, 0.15) is 0 Å². The molecule has 2 aromatic carbocycles. The third kappa shape index (κ3) is 3.34. The first-order chi connectivity index (χ1) is 10.4. The zero-order valence-electron chi connectivity index (χ0n) is 13.2. The minimum Gasteiger partial charge on any atom is -0.465 e. The van der Waals surface area contributed by atoms with Crippen LogP contribution in [0.3, 0.4) is 0 Å². The molecule has 0 bridgehead atoms. The van der Waals surface area contributed by atoms with E-state index in [2.05, 4.69) is 10.1 Å². The Bertz CT molecular complexity index is 735. The van der Waals surface area contributed by atoms with Gasteiger partial charge >= 0.3 is 5.97 Å². The van der Waals surface area contributed by atoms with Crippen LogP contribution in [0.15, 0.2) is 36.4 Å². The van der Waals surface area contributed by atoms with Crippen molar-refractivity contribution in [3.63, 3.8) is 0 Å². The highest BCUT2D eigenvalue weighted by Gasteiger charge is 2.12. The highest BCUT2D eigenvalue weighted by atomic mass is 16.5. The predicted molar refractivity (Wildman–Crippen MR) is 86.4 cm³/mol. The van der Waals surface area contributed by atoms with E-state index in [1.54, 1.807) is 24.3 Å². The summed E-state index contributed by atoms with van der Waals surface area (Å²) in [6, 6.07) is 10.6. The molecular formula is C18H19NO3. The van der Waals surface area contributed by atoms with Gasteiger partial charge in [-0.1, -0.05) is 12.1 Å². The van der Waals surface area contributed by atoms with E-state index >= 15 is 0 Å². The van der Waals surface area contributed by atoms with E-state index < -0.39 is 5.97 Å². The van der Waals surface area contributed by atoms with Crippen molar-refractivity contribution in [2.75, 3.05) is 12.4 Å². The van der Waals surface area contributed by atoms with Crippen LogP contribution in [0, 0.1) is 20.8 Å². The Morgan fingerprint density at radius 3 is 2.32 bits per heavy atom. The van der Waals surface area contributed by atoms with Gasteiger partial charge in [0.2, 0.25) is 0 Å². The minimum atomic E-state index is -0.432. The van der Waals surface area contributed by atoms with E-state index in [1.165, 1.54) is 7.11 Å². The fourth-order valence-electron chi connectivity index (χ4n) is 2.25. The molecule has 0 fully saturated rings. The van der Waals surface area contributed by atoms with E-state index in [4.69, 9.17) is 0 Å². The van der Waals surface area contributed by atoms with Crippen molar-refractivity contribution < 1.29 is 14.3 Å². The lowest BCUT2D eigenvalue weighted by atomic mass is 10.0. The lowest BCUT2D eigenvalue weighted by Gasteiger charge is -2.11. The molecule has 0 radical (unpaired) electrons. The number of carbonyl (C=O) groups excluding carboxylic acids is 2. The molecule has 1 N–H and O–H groups in total. The Morgan fingerprint density at radius 2 is 1.64 bits per heavy atom. The van der Waals surface area contributed by atoms with Gasteiger partial charge < -0.3 is 10.1 Å². The van der Waals surface area contributed by atoms with Crippen molar-refractivity contribution in [3.05, 3.63) is 64.2 Å². The molecule has 2 aromatic rings. The van der Waals surface area contributed by atoms with Crippen LogP contribution in [0.1, 0.15) is 37.4 Å². The lowest BCUT2D eigenvalue weighted by Crippen LogP contribution is -2.14. The third-order valence-electron chi connectivity index (χ3n) is 3.63. The monoisotopic (exact) mass is 297 g/mol. The maximum Gasteiger partial charge on any atom is 0.337 e. The maximum atomic E-state index is 12.4. The van der Waals surface area contributed by atoms with Crippen molar-refractivity contribution in [2.45, 2.75) is 20.8 Å². The van der Waals surface area contributed by atoms with Gasteiger partial charge in [-0.25, -0.2) is 4.79 Å². The molecule has 4 heteroatoms. The molecule has 114 valence electrons. The van der Waals surface area contributed by atoms with Gasteiger partial charge in [0.25, 0.3) is 5.91 Å². The van der Waals surface area contributed by atoms with Gasteiger partial charge in [0.15, 0.2) is 0 Å². The van der Waals surface area contributed by atoms with E-state index in [9.17, 15) is 9.59 Å². The molecule has 0 heterocycles. The number of methoxy groups -OCH3 is 1. The largest absolute Gasteiger partial charge is 0.465 e. The topological polar surface area (TPSA) is 55.4 Å². The van der Waals surface area contributed by atoms with Gasteiger partial charge in [0, 0.05) is 11.3 Å². The molecule has 1 amide bonds. The molecule has 0 saturated carbocycles. The number of benzene rings is 2. The normalized spacial score (nSPS) is 10.2. The maximum absolute atomic E-state index is 12.4. The van der Waals surface area contributed by atoms with Crippen LogP contribution in [0.25, 0.3) is 0 Å². The van der Waals surface area contributed by atoms with E-state index in [1.807, 2.05) is 32.9 Å². The molecule has 0 aromatic heterocycles. The van der Waals surface area contributed by atoms with Crippen LogP contribution >= 0.6 is 0 Å². The molecule has 0 saturated heterocycles. The number of hydrogen-bond donors (Lipinski definition) is 1. The predicted octanol–water partition coefficient (Wildman–Crippen LogP) is 3.65. The van der Waals surface area contributed by atoms with Crippen molar-refractivity contribution in [1.29, 1.82) is 0 Å². The summed E-state index contributed by atoms with van der Waals surface area (Å²) < 4.78 is 4.68. The van der Waals surface area contributed by atoms with Crippen LogP contribution in [0.5, 0.6) is 0 Å². The SMILES string of the molecule is COC(=O)c1cccc(NC(=O)c2cc(C)c(C)cc2C)c1. The summed E-state index contributed by atoms with van der Waals surface area (Å²) in [5.74, 6) is -0.624. The molecule has 0 aliphatic heterocycles. The number of aryl methyl sites for hydroxylation is 3. The van der Waals surface area contributed by atoms with E-state index in [-0.39, 0.29) is 5.91 Å². The number of nitrogens with one attached hydrogen (secondary N) is 1. The summed E-state index contributed by atoms with van der Waals surface area (Å²) in [5, 5.41) is 2.82.